The van der Waals surface area contributed by atoms with Crippen LogP contribution in [0.1, 0.15) is 23.4 Å². The van der Waals surface area contributed by atoms with Crippen LogP contribution in [0.25, 0.3) is 0 Å². The number of nitrogens with zero attached hydrogens (tertiary/aromatic N) is 2. The average Bonchev–Trinajstić information content (AvgIpc) is 2.66. The molecule has 5 heteroatoms. The highest BCUT2D eigenvalue weighted by atomic mass is 35.5. The first-order valence-corrected chi connectivity index (χ1v) is 7.08. The number of hydrogen-bond donors (Lipinski definition) is 1. The first-order valence-electron chi connectivity index (χ1n) is 6.70. The zero-order valence-electron chi connectivity index (χ0n) is 11.7. The third kappa shape index (κ3) is 2.09. The lowest BCUT2D eigenvalue weighted by molar-refractivity contribution is 0.213. The van der Waals surface area contributed by atoms with Crippen molar-refractivity contribution in [1.82, 2.24) is 9.78 Å². The van der Waals surface area contributed by atoms with Crippen molar-refractivity contribution < 1.29 is 4.74 Å². The second-order valence-electron chi connectivity index (χ2n) is 5.40. The highest BCUT2D eigenvalue weighted by molar-refractivity contribution is 6.31. The SMILES string of the molecule is Cc1nn(C)c(CC2(N)CCOc3ccccc32)c1Cl. The van der Waals surface area contributed by atoms with E-state index < -0.39 is 5.54 Å². The van der Waals surface area contributed by atoms with E-state index in [0.29, 0.717) is 18.1 Å². The van der Waals surface area contributed by atoms with E-state index >= 15 is 0 Å². The fourth-order valence-corrected chi connectivity index (χ4v) is 3.06. The highest BCUT2D eigenvalue weighted by Crippen LogP contribution is 2.38. The standard InChI is InChI=1S/C15H18ClN3O/c1-10-14(16)12(19(2)18-10)9-15(17)7-8-20-13-6-4-3-5-11(13)15/h3-6H,7-9,17H2,1-2H3. The molecule has 20 heavy (non-hydrogen) atoms. The molecule has 2 heterocycles. The number of benzene rings is 1. The van der Waals surface area contributed by atoms with Crippen LogP contribution in [0.15, 0.2) is 24.3 Å². The molecule has 0 fully saturated rings. The van der Waals surface area contributed by atoms with Gasteiger partial charge in [-0.25, -0.2) is 0 Å². The molecule has 2 aromatic rings. The minimum atomic E-state index is -0.460. The van der Waals surface area contributed by atoms with Gasteiger partial charge < -0.3 is 10.5 Å². The first-order chi connectivity index (χ1) is 9.51. The molecule has 0 saturated carbocycles. The number of nitrogens with two attached hydrogens (primary N) is 1. The van der Waals surface area contributed by atoms with E-state index in [4.69, 9.17) is 22.1 Å². The molecule has 0 bridgehead atoms. The molecular weight excluding hydrogens is 274 g/mol. The van der Waals surface area contributed by atoms with E-state index in [0.717, 1.165) is 29.1 Å². The Morgan fingerprint density at radius 1 is 1.45 bits per heavy atom. The second-order valence-corrected chi connectivity index (χ2v) is 5.78. The molecule has 1 atom stereocenters. The number of hydrogen-bond acceptors (Lipinski definition) is 3. The summed E-state index contributed by atoms with van der Waals surface area (Å²) < 4.78 is 7.51. The Labute approximate surface area is 123 Å². The molecule has 2 N–H and O–H groups in total. The van der Waals surface area contributed by atoms with Crippen molar-refractivity contribution in [3.8, 4) is 5.75 Å². The molecule has 0 saturated heterocycles. The average molecular weight is 292 g/mol. The number of fused-ring (bicyclic) bond motifs is 1. The van der Waals surface area contributed by atoms with Crippen LogP contribution in [0.3, 0.4) is 0 Å². The molecule has 1 aliphatic rings. The fourth-order valence-electron chi connectivity index (χ4n) is 2.84. The third-order valence-electron chi connectivity index (χ3n) is 3.97. The second kappa shape index (κ2) is 4.79. The zero-order chi connectivity index (χ0) is 14.3. The predicted molar refractivity (Wildman–Crippen MR) is 79.1 cm³/mol. The van der Waals surface area contributed by atoms with E-state index in [9.17, 15) is 0 Å². The van der Waals surface area contributed by atoms with Crippen molar-refractivity contribution in [1.29, 1.82) is 0 Å². The number of rotatable bonds is 2. The molecule has 1 aromatic heterocycles. The molecule has 0 amide bonds. The Balaban J connectivity index is 2.02. The number of halogens is 1. The van der Waals surface area contributed by atoms with Crippen LogP contribution in [0, 0.1) is 6.92 Å². The molecule has 4 nitrogen and oxygen atoms in total. The summed E-state index contributed by atoms with van der Waals surface area (Å²) in [5, 5.41) is 5.07. The van der Waals surface area contributed by atoms with Crippen molar-refractivity contribution in [3.05, 3.63) is 46.2 Å². The van der Waals surface area contributed by atoms with Gasteiger partial charge in [0.05, 0.1) is 28.6 Å². The molecule has 1 aliphatic heterocycles. The van der Waals surface area contributed by atoms with Crippen LogP contribution in [0.5, 0.6) is 5.75 Å². The van der Waals surface area contributed by atoms with Crippen LogP contribution in [-0.4, -0.2) is 16.4 Å². The van der Waals surface area contributed by atoms with Gasteiger partial charge in [-0.05, 0) is 13.0 Å². The van der Waals surface area contributed by atoms with Crippen molar-refractivity contribution in [2.24, 2.45) is 12.8 Å². The summed E-state index contributed by atoms with van der Waals surface area (Å²) in [5.74, 6) is 0.872. The van der Waals surface area contributed by atoms with Crippen LogP contribution in [-0.2, 0) is 19.0 Å². The van der Waals surface area contributed by atoms with E-state index in [1.165, 1.54) is 0 Å². The largest absolute Gasteiger partial charge is 0.493 e. The van der Waals surface area contributed by atoms with Crippen molar-refractivity contribution >= 4 is 11.6 Å². The van der Waals surface area contributed by atoms with Crippen LogP contribution in [0.4, 0.5) is 0 Å². The molecule has 1 aromatic carbocycles. The van der Waals surface area contributed by atoms with Gasteiger partial charge in [-0.2, -0.15) is 5.10 Å². The minimum absolute atomic E-state index is 0.460. The van der Waals surface area contributed by atoms with Crippen LogP contribution >= 0.6 is 11.6 Å². The molecular formula is C15H18ClN3O. The van der Waals surface area contributed by atoms with Crippen LogP contribution < -0.4 is 10.5 Å². The van der Waals surface area contributed by atoms with E-state index in [-0.39, 0.29) is 0 Å². The topological polar surface area (TPSA) is 53.1 Å². The van der Waals surface area contributed by atoms with Gasteiger partial charge in [-0.1, -0.05) is 29.8 Å². The van der Waals surface area contributed by atoms with Gasteiger partial charge in [0.2, 0.25) is 0 Å². The number of aromatic nitrogens is 2. The Morgan fingerprint density at radius 2 is 2.20 bits per heavy atom. The Bertz CT molecular complexity index is 653. The van der Waals surface area contributed by atoms with Crippen molar-refractivity contribution in [3.63, 3.8) is 0 Å². The normalized spacial score (nSPS) is 21.4. The maximum atomic E-state index is 6.67. The summed E-state index contributed by atoms with van der Waals surface area (Å²) in [5.41, 5.74) is 9.07. The summed E-state index contributed by atoms with van der Waals surface area (Å²) in [6.45, 7) is 2.54. The van der Waals surface area contributed by atoms with Gasteiger partial charge in [-0.15, -0.1) is 0 Å². The number of ether oxygens (including phenoxy) is 1. The molecule has 106 valence electrons. The monoisotopic (exact) mass is 291 g/mol. The third-order valence-corrected chi connectivity index (χ3v) is 4.47. The van der Waals surface area contributed by atoms with Gasteiger partial charge in [0.15, 0.2) is 0 Å². The van der Waals surface area contributed by atoms with Gasteiger partial charge in [-0.3, -0.25) is 4.68 Å². The van der Waals surface area contributed by atoms with Gasteiger partial charge >= 0.3 is 0 Å². The number of aryl methyl sites for hydroxylation is 2. The summed E-state index contributed by atoms with van der Waals surface area (Å²) in [6, 6.07) is 7.95. The molecule has 0 spiro atoms. The Hall–Kier alpha value is -1.52. The minimum Gasteiger partial charge on any atom is -0.493 e. The summed E-state index contributed by atoms with van der Waals surface area (Å²) in [7, 11) is 1.91. The molecule has 0 aliphatic carbocycles. The predicted octanol–water partition coefficient (Wildman–Crippen LogP) is 2.56. The maximum Gasteiger partial charge on any atom is 0.124 e. The molecule has 1 unspecified atom stereocenters. The summed E-state index contributed by atoms with van der Waals surface area (Å²) in [4.78, 5) is 0. The quantitative estimate of drug-likeness (QED) is 0.925. The maximum absolute atomic E-state index is 6.67. The lowest BCUT2D eigenvalue weighted by Gasteiger charge is -2.35. The van der Waals surface area contributed by atoms with Gasteiger partial charge in [0.25, 0.3) is 0 Å². The molecule has 0 radical (unpaired) electrons. The van der Waals surface area contributed by atoms with Gasteiger partial charge in [0.1, 0.15) is 5.75 Å². The van der Waals surface area contributed by atoms with Crippen LogP contribution in [0.2, 0.25) is 5.02 Å². The van der Waals surface area contributed by atoms with E-state index in [1.54, 1.807) is 0 Å². The van der Waals surface area contributed by atoms with E-state index in [2.05, 4.69) is 5.10 Å². The lowest BCUT2D eigenvalue weighted by atomic mass is 9.81. The summed E-state index contributed by atoms with van der Waals surface area (Å²) >= 11 is 6.35. The summed E-state index contributed by atoms with van der Waals surface area (Å²) in [6.07, 6.45) is 1.42. The molecule has 3 rings (SSSR count). The van der Waals surface area contributed by atoms with Crippen molar-refractivity contribution in [2.75, 3.05) is 6.61 Å². The van der Waals surface area contributed by atoms with E-state index in [1.807, 2.05) is 42.9 Å². The van der Waals surface area contributed by atoms with Crippen molar-refractivity contribution in [2.45, 2.75) is 25.3 Å². The number of para-hydroxylation sites is 1. The Morgan fingerprint density at radius 3 is 2.90 bits per heavy atom. The smallest absolute Gasteiger partial charge is 0.124 e. The Kier molecular flexibility index (Phi) is 3.22. The highest BCUT2D eigenvalue weighted by Gasteiger charge is 2.35. The zero-order valence-corrected chi connectivity index (χ0v) is 12.4. The fraction of sp³-hybridized carbons (Fsp3) is 0.400. The lowest BCUT2D eigenvalue weighted by Crippen LogP contribution is -2.43. The van der Waals surface area contributed by atoms with Gasteiger partial charge in [0, 0.05) is 25.5 Å². The first kappa shape index (κ1) is 13.5.